The van der Waals surface area contributed by atoms with Crippen molar-refractivity contribution in [3.05, 3.63) is 46.9 Å². The Bertz CT molecular complexity index is 827. The first-order valence-corrected chi connectivity index (χ1v) is 8.82. The van der Waals surface area contributed by atoms with Crippen molar-refractivity contribution >= 4 is 21.6 Å². The van der Waals surface area contributed by atoms with E-state index in [1.165, 1.54) is 17.0 Å². The highest BCUT2D eigenvalue weighted by Crippen LogP contribution is 2.19. The lowest BCUT2D eigenvalue weighted by Gasteiger charge is -2.15. The van der Waals surface area contributed by atoms with E-state index < -0.39 is 27.6 Å². The number of aliphatic hydroxyl groups is 1. The number of halogens is 3. The molecule has 1 heterocycles. The number of sulfonamides is 1. The molecule has 2 aromatic rings. The van der Waals surface area contributed by atoms with Crippen LogP contribution >= 0.6 is 11.6 Å². The number of rotatable bonds is 7. The van der Waals surface area contributed by atoms with E-state index in [4.69, 9.17) is 11.6 Å². The van der Waals surface area contributed by atoms with E-state index >= 15 is 0 Å². The van der Waals surface area contributed by atoms with Crippen LogP contribution in [0.2, 0.25) is 5.15 Å². The molecule has 0 aliphatic rings. The van der Waals surface area contributed by atoms with Crippen molar-refractivity contribution in [1.29, 1.82) is 0 Å². The molecule has 6 nitrogen and oxygen atoms in total. The van der Waals surface area contributed by atoms with Crippen LogP contribution in [0.25, 0.3) is 0 Å². The molecule has 0 radical (unpaired) electrons. The molecule has 1 aromatic heterocycles. The van der Waals surface area contributed by atoms with Crippen LogP contribution in [0, 0.1) is 17.6 Å². The Hall–Kier alpha value is -1.55. The maximum atomic E-state index is 13.2. The number of aromatic nitrogens is 2. The van der Waals surface area contributed by atoms with Crippen molar-refractivity contribution in [3.8, 4) is 0 Å². The summed E-state index contributed by atoms with van der Waals surface area (Å²) in [4.78, 5) is 3.72. The summed E-state index contributed by atoms with van der Waals surface area (Å²) in [5.74, 6) is -2.48. The van der Waals surface area contributed by atoms with Gasteiger partial charge in [0, 0.05) is 20.2 Å². The molecule has 2 rings (SSSR count). The quantitative estimate of drug-likeness (QED) is 0.763. The molecular formula is C14H16ClF2N3O3S. The molecule has 1 aromatic carbocycles. The highest BCUT2D eigenvalue weighted by atomic mass is 35.5. The van der Waals surface area contributed by atoms with Crippen molar-refractivity contribution in [2.24, 2.45) is 13.0 Å². The van der Waals surface area contributed by atoms with Crippen molar-refractivity contribution in [3.63, 3.8) is 0 Å². The second-order valence-corrected chi connectivity index (χ2v) is 7.34. The second-order valence-electron chi connectivity index (χ2n) is 5.30. The topological polar surface area (TPSA) is 84.2 Å². The maximum Gasteiger partial charge on any atom is 0.261 e. The molecule has 10 heteroatoms. The van der Waals surface area contributed by atoms with E-state index in [9.17, 15) is 22.3 Å². The largest absolute Gasteiger partial charge is 0.396 e. The highest BCUT2D eigenvalue weighted by Gasteiger charge is 2.23. The normalized spacial score (nSPS) is 13.2. The van der Waals surface area contributed by atoms with Crippen molar-refractivity contribution in [2.75, 3.05) is 13.2 Å². The summed E-state index contributed by atoms with van der Waals surface area (Å²) in [6.45, 7) is -0.442. The number of imidazole rings is 1. The third kappa shape index (κ3) is 4.29. The lowest BCUT2D eigenvalue weighted by Crippen LogP contribution is -2.32. The lowest BCUT2D eigenvalue weighted by atomic mass is 10.0. The molecule has 0 saturated carbocycles. The Morgan fingerprint density at radius 3 is 2.62 bits per heavy atom. The minimum atomic E-state index is -3.94. The fourth-order valence-electron chi connectivity index (χ4n) is 2.07. The van der Waals surface area contributed by atoms with Gasteiger partial charge in [-0.1, -0.05) is 17.7 Å². The summed E-state index contributed by atoms with van der Waals surface area (Å²) in [6.07, 6.45) is 1.44. The Labute approximate surface area is 143 Å². The second kappa shape index (κ2) is 7.56. The predicted molar refractivity (Wildman–Crippen MR) is 84.0 cm³/mol. The zero-order valence-corrected chi connectivity index (χ0v) is 14.3. The molecule has 0 fully saturated rings. The van der Waals surface area contributed by atoms with Crippen molar-refractivity contribution in [1.82, 2.24) is 14.3 Å². The molecule has 0 saturated heterocycles. The zero-order valence-electron chi connectivity index (χ0n) is 12.7. The summed E-state index contributed by atoms with van der Waals surface area (Å²) in [5.41, 5.74) is 0.447. The van der Waals surface area contributed by atoms with Crippen LogP contribution in [0.1, 0.15) is 5.56 Å². The number of hydrogen-bond acceptors (Lipinski definition) is 4. The molecule has 0 aliphatic carbocycles. The third-order valence-electron chi connectivity index (χ3n) is 3.42. The fourth-order valence-corrected chi connectivity index (χ4v) is 3.61. The first kappa shape index (κ1) is 18.8. The molecule has 0 aliphatic heterocycles. The van der Waals surface area contributed by atoms with Crippen LogP contribution < -0.4 is 4.72 Å². The van der Waals surface area contributed by atoms with Crippen LogP contribution in [0.5, 0.6) is 0 Å². The van der Waals surface area contributed by atoms with Gasteiger partial charge in [-0.25, -0.2) is 26.9 Å². The molecule has 24 heavy (non-hydrogen) atoms. The third-order valence-corrected chi connectivity index (χ3v) is 5.33. The van der Waals surface area contributed by atoms with Gasteiger partial charge >= 0.3 is 0 Å². The number of nitrogens with one attached hydrogen (secondary N) is 1. The number of aryl methyl sites for hydroxylation is 1. The van der Waals surface area contributed by atoms with Gasteiger partial charge in [0.15, 0.2) is 11.6 Å². The summed E-state index contributed by atoms with van der Waals surface area (Å²) in [7, 11) is -2.39. The summed E-state index contributed by atoms with van der Waals surface area (Å²) < 4.78 is 54.1. The van der Waals surface area contributed by atoms with Crippen LogP contribution in [0.3, 0.4) is 0 Å². The number of hydrogen-bond donors (Lipinski definition) is 2. The van der Waals surface area contributed by atoms with E-state index in [2.05, 4.69) is 9.71 Å². The average Bonchev–Trinajstić information content (AvgIpc) is 2.87. The van der Waals surface area contributed by atoms with Gasteiger partial charge in [0.2, 0.25) is 5.03 Å². The van der Waals surface area contributed by atoms with Crippen LogP contribution in [-0.2, 0) is 23.5 Å². The predicted octanol–water partition coefficient (Wildman–Crippen LogP) is 1.48. The Morgan fingerprint density at radius 1 is 1.38 bits per heavy atom. The summed E-state index contributed by atoms with van der Waals surface area (Å²) in [6, 6.07) is 3.38. The van der Waals surface area contributed by atoms with E-state index in [-0.39, 0.29) is 29.8 Å². The molecule has 132 valence electrons. The Morgan fingerprint density at radius 2 is 2.08 bits per heavy atom. The van der Waals surface area contributed by atoms with E-state index in [1.807, 2.05) is 0 Å². The SMILES string of the molecule is Cn1cnc(S(=O)(=O)NCC(CO)Cc2ccc(F)c(F)c2)c1Cl. The number of nitrogens with zero attached hydrogens (tertiary/aromatic N) is 2. The Balaban J connectivity index is 2.05. The molecule has 2 N–H and O–H groups in total. The van der Waals surface area contributed by atoms with Gasteiger partial charge in [0.25, 0.3) is 10.0 Å². The summed E-state index contributed by atoms with van der Waals surface area (Å²) >= 11 is 5.86. The van der Waals surface area contributed by atoms with E-state index in [0.29, 0.717) is 5.56 Å². The maximum absolute atomic E-state index is 13.2. The first-order valence-electron chi connectivity index (χ1n) is 6.96. The monoisotopic (exact) mass is 379 g/mol. The standard InChI is InChI=1S/C14H16ClF2N3O3S/c1-20-8-18-14(13(20)15)24(22,23)19-6-10(7-21)4-9-2-3-11(16)12(17)5-9/h2-3,5,8,10,19,21H,4,6-7H2,1H3. The van der Waals surface area contributed by atoms with Crippen LogP contribution in [-0.4, -0.2) is 36.2 Å². The average molecular weight is 380 g/mol. The lowest BCUT2D eigenvalue weighted by molar-refractivity contribution is 0.226. The van der Waals surface area contributed by atoms with Gasteiger partial charge < -0.3 is 9.67 Å². The van der Waals surface area contributed by atoms with Gasteiger partial charge in [-0.2, -0.15) is 0 Å². The first-order chi connectivity index (χ1) is 11.2. The van der Waals surface area contributed by atoms with Crippen molar-refractivity contribution < 1.29 is 22.3 Å². The number of aliphatic hydroxyl groups excluding tert-OH is 1. The summed E-state index contributed by atoms with van der Waals surface area (Å²) in [5, 5.41) is 9.04. The molecular weight excluding hydrogens is 364 g/mol. The van der Waals surface area contributed by atoms with Crippen LogP contribution in [0.15, 0.2) is 29.6 Å². The van der Waals surface area contributed by atoms with Gasteiger partial charge in [-0.15, -0.1) is 0 Å². The van der Waals surface area contributed by atoms with Gasteiger partial charge in [0.05, 0.1) is 6.33 Å². The minimum absolute atomic E-state index is 0.0383. The van der Waals surface area contributed by atoms with Gasteiger partial charge in [-0.05, 0) is 30.0 Å². The zero-order chi connectivity index (χ0) is 17.9. The smallest absolute Gasteiger partial charge is 0.261 e. The molecule has 0 amide bonds. The molecule has 0 spiro atoms. The highest BCUT2D eigenvalue weighted by molar-refractivity contribution is 7.89. The Kier molecular flexibility index (Phi) is 5.92. The minimum Gasteiger partial charge on any atom is -0.396 e. The van der Waals surface area contributed by atoms with E-state index in [0.717, 1.165) is 12.1 Å². The number of benzene rings is 1. The van der Waals surface area contributed by atoms with Gasteiger partial charge in [-0.3, -0.25) is 0 Å². The van der Waals surface area contributed by atoms with Crippen molar-refractivity contribution in [2.45, 2.75) is 11.4 Å². The fraction of sp³-hybridized carbons (Fsp3) is 0.357. The van der Waals surface area contributed by atoms with Crippen LogP contribution in [0.4, 0.5) is 8.78 Å². The molecule has 1 unspecified atom stereocenters. The van der Waals surface area contributed by atoms with E-state index in [1.54, 1.807) is 7.05 Å². The molecule has 0 bridgehead atoms. The molecule has 1 atom stereocenters. The van der Waals surface area contributed by atoms with Gasteiger partial charge in [0.1, 0.15) is 5.15 Å².